The first kappa shape index (κ1) is 24.1. The molecule has 0 spiro atoms. The summed E-state index contributed by atoms with van der Waals surface area (Å²) in [6, 6.07) is 41.4. The number of rotatable bonds is 6. The first-order valence-corrected chi connectivity index (χ1v) is 13.4. The summed E-state index contributed by atoms with van der Waals surface area (Å²) in [5, 5.41) is 4.17. The van der Waals surface area contributed by atoms with Crippen LogP contribution in [0.5, 0.6) is 0 Å². The summed E-state index contributed by atoms with van der Waals surface area (Å²) >= 11 is 7.67. The zero-order valence-electron chi connectivity index (χ0n) is 17.3. The van der Waals surface area contributed by atoms with Gasteiger partial charge in [-0.25, -0.2) is 0 Å². The monoisotopic (exact) mass is 570 g/mol. The molecular weight excluding hydrogens is 546 g/mol. The van der Waals surface area contributed by atoms with E-state index >= 15 is 0 Å². The van der Waals surface area contributed by atoms with Gasteiger partial charge >= 0.3 is 0 Å². The second-order valence-corrected chi connectivity index (χ2v) is 12.8. The van der Waals surface area contributed by atoms with E-state index in [2.05, 4.69) is 122 Å². The lowest BCUT2D eigenvalue weighted by atomic mass is 10.2. The lowest BCUT2D eigenvalue weighted by Gasteiger charge is -2.27. The van der Waals surface area contributed by atoms with Crippen LogP contribution in [0, 0.1) is 6.92 Å². The zero-order chi connectivity index (χ0) is 20.8. The molecule has 0 aromatic heterocycles. The van der Waals surface area contributed by atoms with Crippen LogP contribution in [0.2, 0.25) is 0 Å². The third-order valence-corrected chi connectivity index (χ3v) is 12.0. The molecule has 0 unspecified atom stereocenters. The minimum atomic E-state index is -1.86. The third-order valence-electron chi connectivity index (χ3n) is 5.27. The van der Waals surface area contributed by atoms with Crippen LogP contribution in [0.4, 0.5) is 0 Å². The molecule has 0 radical (unpaired) electrons. The Labute approximate surface area is 212 Å². The predicted octanol–water partition coefficient (Wildman–Crippen LogP) is 3.36. The average molecular weight is 571 g/mol. The van der Waals surface area contributed by atoms with Gasteiger partial charge in [0.2, 0.25) is 0 Å². The molecule has 0 heterocycles. The SMILES string of the molecule is Cc1ccc(C(=S)SC[P+](c2ccccc2)(c2ccccc2)c2ccccc2)cc1.[I-]. The number of benzene rings is 4. The third kappa shape index (κ3) is 5.46. The smallest absolute Gasteiger partial charge is 0.124 e. The summed E-state index contributed by atoms with van der Waals surface area (Å²) in [5.41, 5.74) is 3.33. The van der Waals surface area contributed by atoms with Crippen molar-refractivity contribution in [2.24, 2.45) is 0 Å². The van der Waals surface area contributed by atoms with Gasteiger partial charge in [0.1, 0.15) is 28.7 Å². The molecule has 0 atom stereocenters. The van der Waals surface area contributed by atoms with Crippen molar-refractivity contribution in [2.45, 2.75) is 6.92 Å². The minimum absolute atomic E-state index is 0. The molecule has 4 rings (SSSR count). The fourth-order valence-electron chi connectivity index (χ4n) is 3.65. The van der Waals surface area contributed by atoms with E-state index in [1.165, 1.54) is 21.5 Å². The Bertz CT molecular complexity index is 1000. The summed E-state index contributed by atoms with van der Waals surface area (Å²) in [5.74, 6) is 0. The standard InChI is InChI=1S/C27H24PS2.HI/c1-22-17-19-23(20-18-22)27(29)30-21-28(24-11-5-2-6-12-24,25-13-7-3-8-14-25)26-15-9-4-10-16-26;/h2-20H,21H2,1H3;1H/q+1;/p-1. The molecule has 0 aliphatic carbocycles. The van der Waals surface area contributed by atoms with Crippen molar-refractivity contribution in [3.05, 3.63) is 126 Å². The lowest BCUT2D eigenvalue weighted by Crippen LogP contribution is -3.00. The maximum Gasteiger partial charge on any atom is 0.124 e. The van der Waals surface area contributed by atoms with Crippen LogP contribution in [-0.4, -0.2) is 9.69 Å². The Kier molecular flexibility index (Phi) is 8.85. The molecule has 0 nitrogen and oxygen atoms in total. The van der Waals surface area contributed by atoms with E-state index in [-0.39, 0.29) is 24.0 Å². The van der Waals surface area contributed by atoms with Crippen LogP contribution in [0.3, 0.4) is 0 Å². The molecule has 0 N–H and O–H groups in total. The van der Waals surface area contributed by atoms with Crippen LogP contribution >= 0.6 is 31.2 Å². The highest BCUT2D eigenvalue weighted by Gasteiger charge is 2.45. The molecule has 0 aliphatic rings. The van der Waals surface area contributed by atoms with Gasteiger partial charge in [-0.15, -0.1) is 0 Å². The summed E-state index contributed by atoms with van der Waals surface area (Å²) in [7, 11) is -1.86. The molecule has 4 aromatic rings. The van der Waals surface area contributed by atoms with Gasteiger partial charge in [0.25, 0.3) is 0 Å². The molecule has 0 fully saturated rings. The Morgan fingerprint density at radius 3 is 1.42 bits per heavy atom. The predicted molar refractivity (Wildman–Crippen MR) is 140 cm³/mol. The number of halogens is 1. The molecule has 156 valence electrons. The van der Waals surface area contributed by atoms with E-state index in [0.29, 0.717) is 0 Å². The topological polar surface area (TPSA) is 0 Å². The number of thioether (sulfide) groups is 1. The number of aryl methyl sites for hydroxylation is 1. The van der Waals surface area contributed by atoms with Gasteiger partial charge in [0, 0.05) is 0 Å². The Morgan fingerprint density at radius 2 is 1.03 bits per heavy atom. The molecule has 0 bridgehead atoms. The van der Waals surface area contributed by atoms with Gasteiger partial charge in [0.15, 0.2) is 0 Å². The van der Waals surface area contributed by atoms with Gasteiger partial charge in [-0.2, -0.15) is 0 Å². The van der Waals surface area contributed by atoms with E-state index in [1.54, 1.807) is 0 Å². The molecule has 0 aliphatic heterocycles. The summed E-state index contributed by atoms with van der Waals surface area (Å²) in [6.45, 7) is 2.11. The summed E-state index contributed by atoms with van der Waals surface area (Å²) < 4.78 is 0.960. The number of hydrogen-bond acceptors (Lipinski definition) is 2. The molecular formula is C27H24IPS2. The quantitative estimate of drug-likeness (QED) is 0.198. The average Bonchev–Trinajstić information content (AvgIpc) is 2.82. The van der Waals surface area contributed by atoms with Crippen molar-refractivity contribution in [3.63, 3.8) is 0 Å². The van der Waals surface area contributed by atoms with E-state index in [4.69, 9.17) is 12.2 Å². The van der Waals surface area contributed by atoms with Crippen LogP contribution < -0.4 is 39.9 Å². The zero-order valence-corrected chi connectivity index (χ0v) is 22.0. The minimum Gasteiger partial charge on any atom is -1.00 e. The molecule has 0 amide bonds. The first-order chi connectivity index (χ1) is 14.7. The molecule has 31 heavy (non-hydrogen) atoms. The second-order valence-electron chi connectivity index (χ2n) is 7.24. The van der Waals surface area contributed by atoms with E-state index in [1.807, 2.05) is 11.8 Å². The fourth-order valence-corrected chi connectivity index (χ4v) is 10.5. The van der Waals surface area contributed by atoms with Crippen LogP contribution in [0.25, 0.3) is 0 Å². The summed E-state index contributed by atoms with van der Waals surface area (Å²) in [4.78, 5) is 0. The van der Waals surface area contributed by atoms with Crippen LogP contribution in [-0.2, 0) is 0 Å². The molecule has 0 saturated carbocycles. The van der Waals surface area contributed by atoms with Gasteiger partial charge in [-0.3, -0.25) is 0 Å². The van der Waals surface area contributed by atoms with E-state index in [9.17, 15) is 0 Å². The summed E-state index contributed by atoms with van der Waals surface area (Å²) in [6.07, 6.45) is 0. The van der Waals surface area contributed by atoms with E-state index < -0.39 is 7.26 Å². The van der Waals surface area contributed by atoms with Crippen molar-refractivity contribution in [3.8, 4) is 0 Å². The Balaban J connectivity index is 0.00000272. The normalized spacial score (nSPS) is 10.9. The largest absolute Gasteiger partial charge is 1.00 e. The highest BCUT2D eigenvalue weighted by atomic mass is 127. The lowest BCUT2D eigenvalue weighted by molar-refractivity contribution is -0.00000566. The Hall–Kier alpha value is -1.52. The van der Waals surface area contributed by atoms with Crippen LogP contribution in [0.1, 0.15) is 11.1 Å². The highest BCUT2D eigenvalue weighted by molar-refractivity contribution is 8.28. The van der Waals surface area contributed by atoms with Gasteiger partial charge < -0.3 is 24.0 Å². The van der Waals surface area contributed by atoms with Crippen LogP contribution in [0.15, 0.2) is 115 Å². The fraction of sp³-hybridized carbons (Fsp3) is 0.0741. The van der Waals surface area contributed by atoms with Crippen molar-refractivity contribution in [1.82, 2.24) is 0 Å². The maximum atomic E-state index is 5.86. The van der Waals surface area contributed by atoms with Crippen molar-refractivity contribution in [1.29, 1.82) is 0 Å². The molecule has 4 heteroatoms. The van der Waals surface area contributed by atoms with Crippen molar-refractivity contribution >= 4 is 51.4 Å². The molecule has 0 saturated heterocycles. The Morgan fingerprint density at radius 1 is 0.645 bits per heavy atom. The van der Waals surface area contributed by atoms with Gasteiger partial charge in [-0.1, -0.05) is 108 Å². The number of hydrogen-bond donors (Lipinski definition) is 0. The second kappa shape index (κ2) is 11.4. The highest BCUT2D eigenvalue weighted by Crippen LogP contribution is 2.57. The molecule has 4 aromatic carbocycles. The van der Waals surface area contributed by atoms with Gasteiger partial charge in [0.05, 0.1) is 4.20 Å². The van der Waals surface area contributed by atoms with Crippen molar-refractivity contribution < 1.29 is 24.0 Å². The maximum absolute atomic E-state index is 5.86. The van der Waals surface area contributed by atoms with Gasteiger partial charge in [-0.05, 0) is 48.9 Å². The first-order valence-electron chi connectivity index (χ1n) is 9.99. The van der Waals surface area contributed by atoms with Crippen molar-refractivity contribution in [2.75, 3.05) is 5.49 Å². The van der Waals surface area contributed by atoms with E-state index in [0.717, 1.165) is 15.3 Å². The number of thiocarbonyl (C=S) groups is 1.